The molecule has 0 amide bonds. The molecule has 0 aliphatic heterocycles. The molecule has 0 unspecified atom stereocenters. The van der Waals surface area contributed by atoms with Crippen LogP contribution in [0.15, 0.2) is 53.6 Å². The Morgan fingerprint density at radius 1 is 1.22 bits per heavy atom. The highest BCUT2D eigenvalue weighted by atomic mass is 32.1. The Kier molecular flexibility index (Phi) is 4.29. The van der Waals surface area contributed by atoms with Gasteiger partial charge in [0.2, 0.25) is 4.77 Å². The summed E-state index contributed by atoms with van der Waals surface area (Å²) in [4.78, 5) is 0. The van der Waals surface area contributed by atoms with Crippen LogP contribution in [0.3, 0.4) is 0 Å². The lowest BCUT2D eigenvalue weighted by Gasteiger charge is -2.04. The van der Waals surface area contributed by atoms with Crippen molar-refractivity contribution in [1.82, 2.24) is 14.9 Å². The van der Waals surface area contributed by atoms with E-state index in [0.29, 0.717) is 21.9 Å². The van der Waals surface area contributed by atoms with Crippen molar-refractivity contribution in [1.29, 1.82) is 0 Å². The Balaban J connectivity index is 2.01. The van der Waals surface area contributed by atoms with Gasteiger partial charge in [0.25, 0.3) is 0 Å². The molecule has 116 valence electrons. The predicted octanol–water partition coefficient (Wildman–Crippen LogP) is 3.64. The summed E-state index contributed by atoms with van der Waals surface area (Å²) in [6.07, 6.45) is 1.64. The summed E-state index contributed by atoms with van der Waals surface area (Å²) >= 11 is 5.20. The molecule has 1 N–H and O–H groups in total. The van der Waals surface area contributed by atoms with E-state index in [1.54, 1.807) is 25.5 Å². The van der Waals surface area contributed by atoms with Gasteiger partial charge in [-0.15, -0.1) is 0 Å². The van der Waals surface area contributed by atoms with Crippen molar-refractivity contribution in [2.75, 3.05) is 7.11 Å². The monoisotopic (exact) mass is 328 g/mol. The number of para-hydroxylation sites is 1. The van der Waals surface area contributed by atoms with Crippen LogP contribution in [0.4, 0.5) is 4.39 Å². The van der Waals surface area contributed by atoms with E-state index in [4.69, 9.17) is 17.0 Å². The molecule has 1 heterocycles. The zero-order chi connectivity index (χ0) is 16.2. The van der Waals surface area contributed by atoms with Crippen molar-refractivity contribution in [3.8, 4) is 17.1 Å². The van der Waals surface area contributed by atoms with Gasteiger partial charge in [-0.25, -0.2) is 9.49 Å². The van der Waals surface area contributed by atoms with Crippen LogP contribution in [-0.2, 0) is 0 Å². The van der Waals surface area contributed by atoms with E-state index in [-0.39, 0.29) is 5.82 Å². The SMILES string of the molecule is COc1ccccc1/C=N/n1c(-c2ccc(F)cc2)n[nH]c1=S. The Labute approximate surface area is 137 Å². The van der Waals surface area contributed by atoms with Crippen LogP contribution in [0.5, 0.6) is 5.75 Å². The van der Waals surface area contributed by atoms with Gasteiger partial charge < -0.3 is 4.74 Å². The molecular formula is C16H13FN4OS. The van der Waals surface area contributed by atoms with Crippen molar-refractivity contribution in [2.45, 2.75) is 0 Å². The Morgan fingerprint density at radius 3 is 2.70 bits per heavy atom. The highest BCUT2D eigenvalue weighted by Gasteiger charge is 2.08. The van der Waals surface area contributed by atoms with Crippen LogP contribution >= 0.6 is 12.2 Å². The van der Waals surface area contributed by atoms with E-state index >= 15 is 0 Å². The molecule has 3 aromatic rings. The van der Waals surface area contributed by atoms with E-state index in [1.165, 1.54) is 16.8 Å². The minimum Gasteiger partial charge on any atom is -0.496 e. The summed E-state index contributed by atoms with van der Waals surface area (Å²) < 4.78 is 20.2. The number of methoxy groups -OCH3 is 1. The summed E-state index contributed by atoms with van der Waals surface area (Å²) in [5.74, 6) is 0.891. The summed E-state index contributed by atoms with van der Waals surface area (Å²) in [5, 5.41) is 11.2. The minimum atomic E-state index is -0.313. The lowest BCUT2D eigenvalue weighted by molar-refractivity contribution is 0.414. The molecule has 2 aromatic carbocycles. The van der Waals surface area contributed by atoms with Crippen molar-refractivity contribution >= 4 is 18.4 Å². The number of benzene rings is 2. The molecule has 0 saturated carbocycles. The van der Waals surface area contributed by atoms with Crippen LogP contribution in [0.25, 0.3) is 11.4 Å². The number of H-pyrrole nitrogens is 1. The lowest BCUT2D eigenvalue weighted by Crippen LogP contribution is -1.96. The summed E-state index contributed by atoms with van der Waals surface area (Å²) in [5.41, 5.74) is 1.51. The van der Waals surface area contributed by atoms with Crippen LogP contribution in [0, 0.1) is 10.6 Å². The fraction of sp³-hybridized carbons (Fsp3) is 0.0625. The number of halogens is 1. The molecular weight excluding hydrogens is 315 g/mol. The zero-order valence-corrected chi connectivity index (χ0v) is 13.0. The maximum absolute atomic E-state index is 13.1. The second-order valence-corrected chi connectivity index (χ2v) is 5.04. The van der Waals surface area contributed by atoms with E-state index in [1.807, 2.05) is 24.3 Å². The maximum atomic E-state index is 13.1. The van der Waals surface area contributed by atoms with Gasteiger partial charge in [-0.2, -0.15) is 14.9 Å². The first-order valence-electron chi connectivity index (χ1n) is 6.80. The van der Waals surface area contributed by atoms with Crippen molar-refractivity contribution in [3.63, 3.8) is 0 Å². The molecule has 3 rings (SSSR count). The number of ether oxygens (including phenoxy) is 1. The Morgan fingerprint density at radius 2 is 1.96 bits per heavy atom. The quantitative estimate of drug-likeness (QED) is 0.588. The summed E-state index contributed by atoms with van der Waals surface area (Å²) in [7, 11) is 1.60. The van der Waals surface area contributed by atoms with Crippen molar-refractivity contribution in [3.05, 3.63) is 64.7 Å². The molecule has 0 aliphatic rings. The number of nitrogens with one attached hydrogen (secondary N) is 1. The average Bonchev–Trinajstić information content (AvgIpc) is 2.94. The number of aromatic nitrogens is 3. The molecule has 0 bridgehead atoms. The largest absolute Gasteiger partial charge is 0.496 e. The number of aromatic amines is 1. The lowest BCUT2D eigenvalue weighted by atomic mass is 10.2. The fourth-order valence-electron chi connectivity index (χ4n) is 2.08. The van der Waals surface area contributed by atoms with Crippen LogP contribution < -0.4 is 4.74 Å². The second kappa shape index (κ2) is 6.53. The van der Waals surface area contributed by atoms with Crippen molar-refractivity contribution < 1.29 is 9.13 Å². The normalized spacial score (nSPS) is 11.0. The van der Waals surface area contributed by atoms with Crippen LogP contribution in [0.1, 0.15) is 5.56 Å². The molecule has 23 heavy (non-hydrogen) atoms. The van der Waals surface area contributed by atoms with Crippen LogP contribution in [0.2, 0.25) is 0 Å². The van der Waals surface area contributed by atoms with E-state index in [2.05, 4.69) is 15.3 Å². The molecule has 0 fully saturated rings. The smallest absolute Gasteiger partial charge is 0.216 e. The molecule has 0 radical (unpaired) electrons. The first-order chi connectivity index (χ1) is 11.2. The Bertz CT molecular complexity index is 899. The van der Waals surface area contributed by atoms with Gasteiger partial charge in [0.1, 0.15) is 11.6 Å². The highest BCUT2D eigenvalue weighted by Crippen LogP contribution is 2.19. The fourth-order valence-corrected chi connectivity index (χ4v) is 2.26. The topological polar surface area (TPSA) is 55.2 Å². The van der Waals surface area contributed by atoms with E-state index < -0.39 is 0 Å². The summed E-state index contributed by atoms with van der Waals surface area (Å²) in [6, 6.07) is 13.5. The van der Waals surface area contributed by atoms with Gasteiger partial charge in [0.15, 0.2) is 5.82 Å². The molecule has 0 aliphatic carbocycles. The van der Waals surface area contributed by atoms with Crippen molar-refractivity contribution in [2.24, 2.45) is 5.10 Å². The zero-order valence-electron chi connectivity index (χ0n) is 12.2. The number of rotatable bonds is 4. The van der Waals surface area contributed by atoms with Gasteiger partial charge in [-0.3, -0.25) is 0 Å². The third kappa shape index (κ3) is 3.19. The van der Waals surface area contributed by atoms with Gasteiger partial charge in [-0.1, -0.05) is 12.1 Å². The molecule has 0 spiro atoms. The number of hydrogen-bond donors (Lipinski definition) is 1. The van der Waals surface area contributed by atoms with Gasteiger partial charge in [0.05, 0.1) is 13.3 Å². The molecule has 1 aromatic heterocycles. The Hall–Kier alpha value is -2.80. The average molecular weight is 328 g/mol. The van der Waals surface area contributed by atoms with E-state index in [9.17, 15) is 4.39 Å². The summed E-state index contributed by atoms with van der Waals surface area (Å²) in [6.45, 7) is 0. The third-order valence-corrected chi connectivity index (χ3v) is 3.47. The van der Waals surface area contributed by atoms with Gasteiger partial charge >= 0.3 is 0 Å². The number of nitrogens with zero attached hydrogens (tertiary/aromatic N) is 3. The van der Waals surface area contributed by atoms with Crippen LogP contribution in [-0.4, -0.2) is 28.2 Å². The predicted molar refractivity (Wildman–Crippen MR) is 88.8 cm³/mol. The first-order valence-corrected chi connectivity index (χ1v) is 7.20. The maximum Gasteiger partial charge on any atom is 0.216 e. The molecule has 7 heteroatoms. The van der Waals surface area contributed by atoms with Gasteiger partial charge in [0, 0.05) is 11.1 Å². The molecule has 5 nitrogen and oxygen atoms in total. The van der Waals surface area contributed by atoms with Gasteiger partial charge in [-0.05, 0) is 48.6 Å². The first kappa shape index (κ1) is 15.1. The molecule has 0 atom stereocenters. The molecule has 0 saturated heterocycles. The van der Waals surface area contributed by atoms with E-state index in [0.717, 1.165) is 5.56 Å². The standard InChI is InChI=1S/C16H13FN4OS/c1-22-14-5-3-2-4-12(14)10-18-21-15(19-20-16(21)23)11-6-8-13(17)9-7-11/h2-10H,1H3,(H,20,23)/b18-10+. The second-order valence-electron chi connectivity index (χ2n) is 4.66. The minimum absolute atomic E-state index is 0.313. The third-order valence-electron chi connectivity index (χ3n) is 3.20. The number of hydrogen-bond acceptors (Lipinski definition) is 4. The highest BCUT2D eigenvalue weighted by molar-refractivity contribution is 7.71.